The Bertz CT molecular complexity index is 3930. The third-order valence-electron chi connectivity index (χ3n) is 17.8. The zero-order valence-electron chi connectivity index (χ0n) is 53.3. The number of likely N-dealkylation sites (tertiary alicyclic amines) is 1. The van der Waals surface area contributed by atoms with E-state index in [2.05, 4.69) is 42.2 Å². The van der Waals surface area contributed by atoms with Gasteiger partial charge in [-0.25, -0.2) is 9.69 Å². The van der Waals surface area contributed by atoms with Crippen molar-refractivity contribution in [2.24, 2.45) is 5.92 Å². The minimum Gasteiger partial charge on any atom is -0.481 e. The number of carboxylic acid groups (broad SMARTS) is 3. The topological polar surface area (TPSA) is 398 Å². The number of aromatic amines is 1. The summed E-state index contributed by atoms with van der Waals surface area (Å²) in [7, 11) is 0. The van der Waals surface area contributed by atoms with E-state index in [0.717, 1.165) is 49.4 Å². The van der Waals surface area contributed by atoms with Crippen molar-refractivity contribution in [1.82, 2.24) is 52.0 Å². The van der Waals surface area contributed by atoms with Crippen LogP contribution in [0.4, 0.5) is 4.79 Å². The molecule has 2 aliphatic carbocycles. The minimum atomic E-state index is -1.59. The number of benzene rings is 5. The molecule has 5 aromatic carbocycles. The second-order valence-corrected chi connectivity index (χ2v) is 24.1. The van der Waals surface area contributed by atoms with E-state index in [4.69, 9.17) is 9.84 Å². The van der Waals surface area contributed by atoms with E-state index in [-0.39, 0.29) is 38.3 Å². The first-order valence-corrected chi connectivity index (χ1v) is 32.0. The van der Waals surface area contributed by atoms with Gasteiger partial charge in [0.25, 0.3) is 0 Å². The van der Waals surface area contributed by atoms with Crippen LogP contribution in [-0.4, -0.2) is 177 Å². The first-order valence-electron chi connectivity index (χ1n) is 32.0. The number of ether oxygens (including phenoxy) is 1. The average Bonchev–Trinajstić information content (AvgIpc) is 1.62. The Kier molecular flexibility index (Phi) is 23.3. The zero-order chi connectivity index (χ0) is 69.4. The van der Waals surface area contributed by atoms with Gasteiger partial charge in [0.1, 0.15) is 49.9 Å². The quantitative estimate of drug-likeness (QED) is 0.0295. The van der Waals surface area contributed by atoms with Crippen LogP contribution < -0.4 is 37.2 Å². The van der Waals surface area contributed by atoms with Crippen LogP contribution in [-0.2, 0) is 68.7 Å². The number of hydrogen-bond donors (Lipinski definition) is 11. The van der Waals surface area contributed by atoms with Crippen molar-refractivity contribution in [3.63, 3.8) is 0 Å². The minimum absolute atomic E-state index is 0.00769. The van der Waals surface area contributed by atoms with Crippen molar-refractivity contribution in [2.45, 2.75) is 114 Å². The Morgan fingerprint density at radius 1 is 0.577 bits per heavy atom. The molecule has 9 rings (SSSR count). The molecule has 1 aliphatic heterocycles. The Hall–Kier alpha value is -11.2. The highest BCUT2D eigenvalue weighted by atomic mass is 16.6. The number of H-pyrrole nitrogens is 1. The fourth-order valence-electron chi connectivity index (χ4n) is 12.6. The number of aromatic nitrogens is 1. The maximum absolute atomic E-state index is 14.8. The standard InChI is InChI=1S/C70H76N10O17/c1-3-39(2)64(69(95)77-55(31-40-33-71-52-24-13-12-15-41(40)52)67(93)73-34-57(81)75-53(26-28-61(85)86)65(91)74-36-63(89)90)78-58(82)35-72-66(92)54(27-29-62(87)88)76-68(94)56-25-14-30-79(56)60(84)37-80(59(83)32-50-46-20-8-4-16-42(46)43-17-5-9-21-47(43)50)70(96)97-38-51-48-22-10-6-18-44(48)45-19-7-11-23-49(45)51/h4-13,15-24,33,39,50-51,53-56,64,71H,3,14,25-32,34-38H2,1-2H3,(H,72,92)(H,73,93)(H,74,91)(H,75,81)(H,76,94)(H,77,95)(H,78,82)(H,85,86)(H,87,88)(H,89,90)/t39-,53-,54-,55-,56-,64-/m0/s1. The summed E-state index contributed by atoms with van der Waals surface area (Å²) in [6, 6.07) is 30.6. The molecule has 0 bridgehead atoms. The smallest absolute Gasteiger partial charge is 0.417 e. The number of carbonyl (C=O) groups is 13. The van der Waals surface area contributed by atoms with Crippen LogP contribution in [0.2, 0.25) is 0 Å². The van der Waals surface area contributed by atoms with E-state index in [1.165, 1.54) is 4.90 Å². The molecule has 97 heavy (non-hydrogen) atoms. The number of nitrogens with zero attached hydrogens (tertiary/aromatic N) is 2. The summed E-state index contributed by atoms with van der Waals surface area (Å²) in [5, 5.41) is 45.6. The number of hydrogen-bond acceptors (Lipinski definition) is 14. The van der Waals surface area contributed by atoms with Crippen LogP contribution >= 0.6 is 0 Å². The van der Waals surface area contributed by atoms with Gasteiger partial charge < -0.3 is 67.2 Å². The van der Waals surface area contributed by atoms with E-state index >= 15 is 0 Å². The Morgan fingerprint density at radius 2 is 1.07 bits per heavy atom. The van der Waals surface area contributed by atoms with Crippen molar-refractivity contribution in [2.75, 3.05) is 39.3 Å². The molecule has 11 N–H and O–H groups in total. The average molecular weight is 1330 g/mol. The van der Waals surface area contributed by atoms with E-state index in [0.29, 0.717) is 29.3 Å². The highest BCUT2D eigenvalue weighted by Gasteiger charge is 2.41. The van der Waals surface area contributed by atoms with Gasteiger partial charge in [-0.3, -0.25) is 57.5 Å². The van der Waals surface area contributed by atoms with Gasteiger partial charge in [0.2, 0.25) is 53.2 Å². The van der Waals surface area contributed by atoms with Crippen molar-refractivity contribution < 1.29 is 82.4 Å². The number of imide groups is 1. The maximum atomic E-state index is 14.8. The molecule has 2 heterocycles. The van der Waals surface area contributed by atoms with E-state index in [1.54, 1.807) is 44.3 Å². The molecule has 0 saturated carbocycles. The molecule has 0 radical (unpaired) electrons. The lowest BCUT2D eigenvalue weighted by molar-refractivity contribution is -0.143. The number of fused-ring (bicyclic) bond motifs is 7. The molecule has 10 amide bonds. The predicted octanol–water partition coefficient (Wildman–Crippen LogP) is 3.83. The van der Waals surface area contributed by atoms with Gasteiger partial charge in [-0.2, -0.15) is 0 Å². The monoisotopic (exact) mass is 1330 g/mol. The molecule has 27 nitrogen and oxygen atoms in total. The summed E-state index contributed by atoms with van der Waals surface area (Å²) in [4.78, 5) is 180. The summed E-state index contributed by atoms with van der Waals surface area (Å²) in [5.74, 6) is -13.5. The van der Waals surface area contributed by atoms with Crippen LogP contribution in [0.1, 0.15) is 105 Å². The molecule has 1 saturated heterocycles. The highest BCUT2D eigenvalue weighted by Crippen LogP contribution is 2.47. The first-order chi connectivity index (χ1) is 46.6. The van der Waals surface area contributed by atoms with E-state index < -0.39 is 171 Å². The summed E-state index contributed by atoms with van der Waals surface area (Å²) >= 11 is 0. The van der Waals surface area contributed by atoms with Gasteiger partial charge >= 0.3 is 24.0 Å². The predicted molar refractivity (Wildman–Crippen MR) is 349 cm³/mol. The second kappa shape index (κ2) is 32.3. The second-order valence-electron chi connectivity index (χ2n) is 24.1. The van der Waals surface area contributed by atoms with E-state index in [9.17, 15) is 72.5 Å². The molecule has 1 fully saturated rings. The molecule has 1 aromatic heterocycles. The van der Waals surface area contributed by atoms with Crippen LogP contribution in [0.15, 0.2) is 128 Å². The molecule has 508 valence electrons. The van der Waals surface area contributed by atoms with E-state index in [1.807, 2.05) is 97.1 Å². The van der Waals surface area contributed by atoms with Gasteiger partial charge in [0, 0.05) is 61.2 Å². The third kappa shape index (κ3) is 17.4. The van der Waals surface area contributed by atoms with Crippen LogP contribution in [0.5, 0.6) is 0 Å². The third-order valence-corrected chi connectivity index (χ3v) is 17.8. The Balaban J connectivity index is 0.854. The summed E-state index contributed by atoms with van der Waals surface area (Å²) in [6.45, 7) is -0.0322. The van der Waals surface area contributed by atoms with Gasteiger partial charge in [-0.1, -0.05) is 136 Å². The van der Waals surface area contributed by atoms with Crippen molar-refractivity contribution in [1.29, 1.82) is 0 Å². The number of amides is 10. The molecule has 0 unspecified atom stereocenters. The lowest BCUT2D eigenvalue weighted by atomic mass is 9.93. The fourth-order valence-corrected chi connectivity index (χ4v) is 12.6. The SMILES string of the molecule is CC[C@H](C)[C@H](NC(=O)CNC(=O)[C@H](CCC(=O)O)NC(=O)[C@@H]1CCCN1C(=O)CN(C(=O)CC1c2ccccc2-c2ccccc21)C(=O)OCC1c2ccccc2-c2ccccc21)C(=O)N[C@@H](Cc1c[nH]c2ccccc12)C(=O)NCC(=O)N[C@@H](CCC(=O)O)C(=O)NCC(=O)O. The van der Waals surface area contributed by atoms with Crippen molar-refractivity contribution in [3.05, 3.63) is 155 Å². The van der Waals surface area contributed by atoms with Crippen LogP contribution in [0.25, 0.3) is 33.2 Å². The van der Waals surface area contributed by atoms with Crippen LogP contribution in [0.3, 0.4) is 0 Å². The lowest BCUT2D eigenvalue weighted by Gasteiger charge is -2.29. The Morgan fingerprint density at radius 3 is 1.62 bits per heavy atom. The molecular weight excluding hydrogens is 1250 g/mol. The molecular formula is C70H76N10O17. The molecule has 27 heteroatoms. The molecule has 6 aromatic rings. The molecule has 6 atom stereocenters. The number of nitrogens with one attached hydrogen (secondary N) is 8. The zero-order valence-corrected chi connectivity index (χ0v) is 53.3. The number of carboxylic acids is 3. The maximum Gasteiger partial charge on any atom is 0.417 e. The summed E-state index contributed by atoms with van der Waals surface area (Å²) in [5.41, 5.74) is 8.62. The largest absolute Gasteiger partial charge is 0.481 e. The highest BCUT2D eigenvalue weighted by molar-refractivity contribution is 6.00. The Labute approximate surface area is 556 Å². The summed E-state index contributed by atoms with van der Waals surface area (Å²) in [6.07, 6.45) is -1.28. The van der Waals surface area contributed by atoms with Crippen molar-refractivity contribution in [3.8, 4) is 22.3 Å². The summed E-state index contributed by atoms with van der Waals surface area (Å²) < 4.78 is 6.00. The molecule has 0 spiro atoms. The van der Waals surface area contributed by atoms with Crippen LogP contribution in [0, 0.1) is 5.92 Å². The van der Waals surface area contributed by atoms with Gasteiger partial charge in [0.05, 0.1) is 13.1 Å². The first kappa shape index (κ1) is 70.1. The lowest BCUT2D eigenvalue weighted by Crippen LogP contribution is -2.58. The normalized spacial score (nSPS) is 15.1. The van der Waals surface area contributed by atoms with Crippen molar-refractivity contribution >= 4 is 88.1 Å². The number of para-hydroxylation sites is 1. The number of rotatable bonds is 31. The van der Waals surface area contributed by atoms with Gasteiger partial charge in [0.15, 0.2) is 0 Å². The molecule has 3 aliphatic rings. The van der Waals surface area contributed by atoms with Gasteiger partial charge in [-0.05, 0) is 87.7 Å². The fraction of sp³-hybridized carbons (Fsp3) is 0.357. The van der Waals surface area contributed by atoms with Gasteiger partial charge in [-0.15, -0.1) is 0 Å². The number of aliphatic carboxylic acids is 3. The number of carbonyl (C=O) groups excluding carboxylic acids is 10.